The lowest BCUT2D eigenvalue weighted by Crippen LogP contribution is -2.50. The molecule has 2 heterocycles. The molecule has 0 bridgehead atoms. The molecule has 6 heteroatoms. The quantitative estimate of drug-likeness (QED) is 0.827. The Morgan fingerprint density at radius 3 is 3.19 bits per heavy atom. The molecule has 1 aliphatic rings. The van der Waals surface area contributed by atoms with Crippen molar-refractivity contribution in [2.24, 2.45) is 5.73 Å². The molecule has 1 aromatic heterocycles. The van der Waals surface area contributed by atoms with Gasteiger partial charge in [-0.25, -0.2) is 9.97 Å². The highest BCUT2D eigenvalue weighted by molar-refractivity contribution is 6.32. The summed E-state index contributed by atoms with van der Waals surface area (Å²) in [5.41, 5.74) is 5.83. The zero-order valence-electron chi connectivity index (χ0n) is 9.14. The van der Waals surface area contributed by atoms with Crippen molar-refractivity contribution < 1.29 is 4.74 Å². The van der Waals surface area contributed by atoms with Gasteiger partial charge in [0.05, 0.1) is 18.9 Å². The highest BCUT2D eigenvalue weighted by Crippen LogP contribution is 2.23. The molecule has 0 aliphatic carbocycles. The van der Waals surface area contributed by atoms with Gasteiger partial charge in [0.2, 0.25) is 0 Å². The molecule has 2 N–H and O–H groups in total. The molecule has 0 spiro atoms. The van der Waals surface area contributed by atoms with Crippen LogP contribution in [-0.2, 0) is 4.74 Å². The van der Waals surface area contributed by atoms with E-state index in [9.17, 15) is 0 Å². The van der Waals surface area contributed by atoms with E-state index < -0.39 is 0 Å². The van der Waals surface area contributed by atoms with Gasteiger partial charge in [0.1, 0.15) is 11.3 Å². The van der Waals surface area contributed by atoms with Crippen molar-refractivity contribution >= 4 is 17.4 Å². The molecule has 0 saturated carbocycles. The van der Waals surface area contributed by atoms with Gasteiger partial charge >= 0.3 is 0 Å². The maximum atomic E-state index is 6.05. The van der Waals surface area contributed by atoms with Crippen LogP contribution in [0.1, 0.15) is 6.92 Å². The van der Waals surface area contributed by atoms with Gasteiger partial charge in [-0.05, 0) is 6.92 Å². The smallest absolute Gasteiger partial charge is 0.150 e. The summed E-state index contributed by atoms with van der Waals surface area (Å²) < 4.78 is 5.58. The third-order valence-corrected chi connectivity index (χ3v) is 2.89. The number of morpholine rings is 1. The molecule has 1 aliphatic heterocycles. The molecule has 2 unspecified atom stereocenters. The van der Waals surface area contributed by atoms with Gasteiger partial charge in [-0.1, -0.05) is 11.6 Å². The Hall–Kier alpha value is -0.910. The Morgan fingerprint density at radius 1 is 1.69 bits per heavy atom. The van der Waals surface area contributed by atoms with Crippen molar-refractivity contribution in [2.75, 3.05) is 24.6 Å². The third-order valence-electron chi connectivity index (χ3n) is 2.63. The second-order valence-electron chi connectivity index (χ2n) is 3.91. The van der Waals surface area contributed by atoms with E-state index in [4.69, 9.17) is 22.1 Å². The molecule has 0 aromatic carbocycles. The first-order chi connectivity index (χ1) is 7.68. The standard InChI is InChI=1S/C10H15ClN4O/c1-7(12)9-5-15(2-3-16-9)10-8(11)4-13-6-14-10/h4,6-7,9H,2-3,5,12H2,1H3. The lowest BCUT2D eigenvalue weighted by molar-refractivity contribution is 0.0273. The Bertz CT molecular complexity index is 360. The van der Waals surface area contributed by atoms with Crippen molar-refractivity contribution in [3.63, 3.8) is 0 Å². The van der Waals surface area contributed by atoms with Gasteiger partial charge in [0.15, 0.2) is 5.82 Å². The van der Waals surface area contributed by atoms with E-state index in [0.717, 1.165) is 12.4 Å². The summed E-state index contributed by atoms with van der Waals surface area (Å²) >= 11 is 6.05. The van der Waals surface area contributed by atoms with Crippen LogP contribution < -0.4 is 10.6 Å². The van der Waals surface area contributed by atoms with Gasteiger partial charge in [0, 0.05) is 19.1 Å². The fourth-order valence-corrected chi connectivity index (χ4v) is 1.95. The van der Waals surface area contributed by atoms with Gasteiger partial charge in [-0.2, -0.15) is 0 Å². The predicted octanol–water partition coefficient (Wildman–Crippen LogP) is 0.682. The number of anilines is 1. The normalized spacial score (nSPS) is 23.2. The number of nitrogens with two attached hydrogens (primary N) is 1. The molecule has 2 rings (SSSR count). The fourth-order valence-electron chi connectivity index (χ4n) is 1.72. The number of rotatable bonds is 2. The minimum absolute atomic E-state index is 0.00316. The summed E-state index contributed by atoms with van der Waals surface area (Å²) in [6, 6.07) is 0.00316. The van der Waals surface area contributed by atoms with Crippen LogP contribution in [0.3, 0.4) is 0 Å². The highest BCUT2D eigenvalue weighted by Gasteiger charge is 2.25. The molecule has 1 aromatic rings. The molecule has 2 atom stereocenters. The van der Waals surface area contributed by atoms with Crippen molar-refractivity contribution in [2.45, 2.75) is 19.1 Å². The lowest BCUT2D eigenvalue weighted by Gasteiger charge is -2.35. The zero-order chi connectivity index (χ0) is 11.5. The van der Waals surface area contributed by atoms with Crippen LogP contribution >= 0.6 is 11.6 Å². The minimum Gasteiger partial charge on any atom is -0.373 e. The summed E-state index contributed by atoms with van der Waals surface area (Å²) in [4.78, 5) is 10.1. The summed E-state index contributed by atoms with van der Waals surface area (Å²) in [6.45, 7) is 4.08. The molecule has 5 nitrogen and oxygen atoms in total. The second kappa shape index (κ2) is 4.95. The summed E-state index contributed by atoms with van der Waals surface area (Å²) in [5, 5.41) is 0.563. The first-order valence-corrected chi connectivity index (χ1v) is 5.64. The van der Waals surface area contributed by atoms with E-state index >= 15 is 0 Å². The number of halogens is 1. The number of aromatic nitrogens is 2. The topological polar surface area (TPSA) is 64.3 Å². The predicted molar refractivity (Wildman–Crippen MR) is 62.6 cm³/mol. The van der Waals surface area contributed by atoms with E-state index in [1.54, 1.807) is 6.20 Å². The Balaban J connectivity index is 2.13. The summed E-state index contributed by atoms with van der Waals surface area (Å²) in [7, 11) is 0. The average Bonchev–Trinajstić information content (AvgIpc) is 2.30. The number of ether oxygens (including phenoxy) is 1. The molecule has 1 saturated heterocycles. The van der Waals surface area contributed by atoms with Gasteiger partial charge < -0.3 is 15.4 Å². The molecular weight excluding hydrogens is 228 g/mol. The SMILES string of the molecule is CC(N)C1CN(c2ncncc2Cl)CCO1. The third kappa shape index (κ3) is 2.42. The summed E-state index contributed by atoms with van der Waals surface area (Å²) in [6.07, 6.45) is 3.12. The average molecular weight is 243 g/mol. The Morgan fingerprint density at radius 2 is 2.50 bits per heavy atom. The number of nitrogens with zero attached hydrogens (tertiary/aromatic N) is 3. The lowest BCUT2D eigenvalue weighted by atomic mass is 10.1. The first-order valence-electron chi connectivity index (χ1n) is 5.26. The number of hydrogen-bond donors (Lipinski definition) is 1. The molecule has 88 valence electrons. The van der Waals surface area contributed by atoms with Crippen molar-refractivity contribution in [1.82, 2.24) is 9.97 Å². The zero-order valence-corrected chi connectivity index (χ0v) is 9.89. The van der Waals surface area contributed by atoms with Crippen LogP contribution in [0.15, 0.2) is 12.5 Å². The van der Waals surface area contributed by atoms with Crippen LogP contribution in [-0.4, -0.2) is 41.8 Å². The second-order valence-corrected chi connectivity index (χ2v) is 4.32. The fraction of sp³-hybridized carbons (Fsp3) is 0.600. The van der Waals surface area contributed by atoms with E-state index in [2.05, 4.69) is 14.9 Å². The van der Waals surface area contributed by atoms with Crippen LogP contribution in [0.25, 0.3) is 0 Å². The van der Waals surface area contributed by atoms with Crippen LogP contribution in [0, 0.1) is 0 Å². The van der Waals surface area contributed by atoms with Gasteiger partial charge in [-0.3, -0.25) is 0 Å². The van der Waals surface area contributed by atoms with Crippen molar-refractivity contribution in [3.05, 3.63) is 17.5 Å². The molecule has 16 heavy (non-hydrogen) atoms. The maximum absolute atomic E-state index is 6.05. The largest absolute Gasteiger partial charge is 0.373 e. The Kier molecular flexibility index (Phi) is 3.58. The Labute approximate surface area is 99.6 Å². The van der Waals surface area contributed by atoms with E-state index in [1.165, 1.54) is 6.33 Å². The van der Waals surface area contributed by atoms with E-state index in [0.29, 0.717) is 18.2 Å². The highest BCUT2D eigenvalue weighted by atomic mass is 35.5. The number of hydrogen-bond acceptors (Lipinski definition) is 5. The van der Waals surface area contributed by atoms with Gasteiger partial charge in [-0.15, -0.1) is 0 Å². The van der Waals surface area contributed by atoms with Crippen LogP contribution in [0.4, 0.5) is 5.82 Å². The molecular formula is C10H15ClN4O. The van der Waals surface area contributed by atoms with Crippen molar-refractivity contribution in [1.29, 1.82) is 0 Å². The van der Waals surface area contributed by atoms with Gasteiger partial charge in [0.25, 0.3) is 0 Å². The summed E-state index contributed by atoms with van der Waals surface area (Å²) in [5.74, 6) is 0.755. The minimum atomic E-state index is 0.00316. The maximum Gasteiger partial charge on any atom is 0.150 e. The van der Waals surface area contributed by atoms with Crippen molar-refractivity contribution in [3.8, 4) is 0 Å². The molecule has 1 fully saturated rings. The van der Waals surface area contributed by atoms with E-state index in [1.807, 2.05) is 6.92 Å². The monoisotopic (exact) mass is 242 g/mol. The van der Waals surface area contributed by atoms with Crippen LogP contribution in [0.2, 0.25) is 5.02 Å². The molecule has 0 radical (unpaired) electrons. The first kappa shape index (κ1) is 11.6. The van der Waals surface area contributed by atoms with Crippen LogP contribution in [0.5, 0.6) is 0 Å². The van der Waals surface area contributed by atoms with E-state index in [-0.39, 0.29) is 12.1 Å². The molecule has 0 amide bonds.